The Kier molecular flexibility index (Phi) is 3.54. The summed E-state index contributed by atoms with van der Waals surface area (Å²) in [6.07, 6.45) is 7.87. The predicted molar refractivity (Wildman–Crippen MR) is 82.1 cm³/mol. The minimum absolute atomic E-state index is 0.212. The van der Waals surface area contributed by atoms with E-state index < -0.39 is 0 Å². The molecule has 0 fully saturated rings. The largest absolute Gasteiger partial charge is 0.234 e. The van der Waals surface area contributed by atoms with Crippen LogP contribution in [-0.4, -0.2) is 23.4 Å². The maximum Gasteiger partial charge on any atom is 0.183 e. The first-order chi connectivity index (χ1) is 8.86. The molecule has 0 atom stereocenters. The first-order valence-corrected chi connectivity index (χ1v) is 7.07. The van der Waals surface area contributed by atoms with E-state index >= 15 is 0 Å². The molecule has 0 spiro atoms. The highest BCUT2D eigenvalue weighted by Gasteiger charge is 2.34. The summed E-state index contributed by atoms with van der Waals surface area (Å²) in [5.74, 6) is 2.76. The zero-order valence-corrected chi connectivity index (χ0v) is 12.7. The van der Waals surface area contributed by atoms with E-state index in [4.69, 9.17) is 6.42 Å². The molecule has 0 unspecified atom stereocenters. The third-order valence-electron chi connectivity index (χ3n) is 4.41. The van der Waals surface area contributed by atoms with Gasteiger partial charge in [-0.15, -0.1) is 6.42 Å². The molecule has 1 aliphatic rings. The van der Waals surface area contributed by atoms with E-state index in [1.54, 1.807) is 0 Å². The number of terminal acetylenes is 1. The van der Waals surface area contributed by atoms with Crippen LogP contribution in [0, 0.1) is 12.3 Å². The highest BCUT2D eigenvalue weighted by atomic mass is 15.0. The summed E-state index contributed by atoms with van der Waals surface area (Å²) in [6, 6.07) is 6.99. The Labute approximate surface area is 117 Å². The van der Waals surface area contributed by atoms with Crippen molar-refractivity contribution >= 4 is 5.71 Å². The fourth-order valence-electron chi connectivity index (χ4n) is 2.82. The van der Waals surface area contributed by atoms with Crippen molar-refractivity contribution < 1.29 is 4.58 Å². The second-order valence-electron chi connectivity index (χ2n) is 6.44. The minimum Gasteiger partial charge on any atom is -0.234 e. The first kappa shape index (κ1) is 13.9. The van der Waals surface area contributed by atoms with Gasteiger partial charge < -0.3 is 0 Å². The predicted octanol–water partition coefficient (Wildman–Crippen LogP) is 3.58. The topological polar surface area (TPSA) is 3.01 Å². The van der Waals surface area contributed by atoms with Gasteiger partial charge in [-0.1, -0.05) is 19.8 Å². The molecule has 0 aromatic heterocycles. The van der Waals surface area contributed by atoms with E-state index in [0.717, 1.165) is 12.0 Å². The molecule has 2 rings (SSSR count). The van der Waals surface area contributed by atoms with Crippen LogP contribution in [0.2, 0.25) is 0 Å². The highest BCUT2D eigenvalue weighted by Crippen LogP contribution is 2.37. The lowest BCUT2D eigenvalue weighted by atomic mass is 9.71. The quantitative estimate of drug-likeness (QED) is 0.532. The highest BCUT2D eigenvalue weighted by molar-refractivity contribution is 6.00. The van der Waals surface area contributed by atoms with Crippen molar-refractivity contribution in [3.63, 3.8) is 0 Å². The minimum atomic E-state index is 0.212. The molecule has 0 N–H and O–H groups in total. The van der Waals surface area contributed by atoms with Crippen molar-refractivity contribution in [1.82, 2.24) is 0 Å². The van der Waals surface area contributed by atoms with Gasteiger partial charge >= 0.3 is 0 Å². The molecular formula is C18H24N+. The Balaban J connectivity index is 2.67. The maximum atomic E-state index is 5.55. The molecule has 1 aliphatic carbocycles. The average Bonchev–Trinajstić information content (AvgIpc) is 2.37. The number of nitrogens with zero attached hydrogens (tertiary/aromatic N) is 1. The number of hydrogen-bond acceptors (Lipinski definition) is 0. The Bertz CT molecular complexity index is 568. The molecular weight excluding hydrogens is 230 g/mol. The first-order valence-electron chi connectivity index (χ1n) is 7.07. The molecule has 0 radical (unpaired) electrons. The SMILES string of the molecule is C#Cc1ccc2c(c1)C(C)(C)CCC2=[N+](C)C(C)C. The van der Waals surface area contributed by atoms with Crippen LogP contribution in [-0.2, 0) is 5.41 Å². The summed E-state index contributed by atoms with van der Waals surface area (Å²) in [4.78, 5) is 0. The third kappa shape index (κ3) is 2.45. The second-order valence-corrected chi connectivity index (χ2v) is 6.44. The molecule has 1 aromatic rings. The number of rotatable bonds is 1. The van der Waals surface area contributed by atoms with E-state index in [1.165, 1.54) is 23.3 Å². The lowest BCUT2D eigenvalue weighted by molar-refractivity contribution is -0.530. The van der Waals surface area contributed by atoms with Crippen LogP contribution in [0.5, 0.6) is 0 Å². The summed E-state index contributed by atoms with van der Waals surface area (Å²) >= 11 is 0. The Morgan fingerprint density at radius 1 is 1.32 bits per heavy atom. The van der Waals surface area contributed by atoms with Gasteiger partial charge in [0.15, 0.2) is 5.71 Å². The smallest absolute Gasteiger partial charge is 0.183 e. The summed E-state index contributed by atoms with van der Waals surface area (Å²) in [7, 11) is 2.19. The molecule has 0 bridgehead atoms. The fraction of sp³-hybridized carbons (Fsp3) is 0.500. The fourth-order valence-corrected chi connectivity index (χ4v) is 2.82. The standard InChI is InChI=1S/C18H24N/c1-7-14-8-9-15-16(12-14)18(4,5)11-10-17(15)19(6)13(2)3/h1,8-9,12-13H,10-11H2,2-6H3/q+1. The summed E-state index contributed by atoms with van der Waals surface area (Å²) in [5.41, 5.74) is 5.43. The molecule has 0 aliphatic heterocycles. The second kappa shape index (κ2) is 4.85. The summed E-state index contributed by atoms with van der Waals surface area (Å²) in [6.45, 7) is 9.11. The molecule has 0 heterocycles. The summed E-state index contributed by atoms with van der Waals surface area (Å²) < 4.78 is 2.39. The molecule has 1 aromatic carbocycles. The molecule has 0 amide bonds. The third-order valence-corrected chi connectivity index (χ3v) is 4.41. The zero-order valence-electron chi connectivity index (χ0n) is 12.7. The molecule has 0 saturated carbocycles. The normalized spacial score (nSPS) is 19.8. The lowest BCUT2D eigenvalue weighted by Crippen LogP contribution is -2.34. The van der Waals surface area contributed by atoms with Gasteiger partial charge in [0.25, 0.3) is 0 Å². The molecule has 0 saturated heterocycles. The van der Waals surface area contributed by atoms with E-state index in [-0.39, 0.29) is 5.41 Å². The van der Waals surface area contributed by atoms with Crippen LogP contribution in [0.4, 0.5) is 0 Å². The van der Waals surface area contributed by atoms with Gasteiger partial charge in [0.2, 0.25) is 0 Å². The number of fused-ring (bicyclic) bond motifs is 1. The Hall–Kier alpha value is -1.55. The Morgan fingerprint density at radius 3 is 2.58 bits per heavy atom. The van der Waals surface area contributed by atoms with Crippen LogP contribution in [0.3, 0.4) is 0 Å². The summed E-state index contributed by atoms with van der Waals surface area (Å²) in [5, 5.41) is 0. The molecule has 100 valence electrons. The van der Waals surface area contributed by atoms with Crippen molar-refractivity contribution in [1.29, 1.82) is 0 Å². The van der Waals surface area contributed by atoms with E-state index in [2.05, 4.69) is 63.4 Å². The van der Waals surface area contributed by atoms with Gasteiger partial charge in [0.05, 0.1) is 0 Å². The number of benzene rings is 1. The Morgan fingerprint density at radius 2 is 2.00 bits per heavy atom. The van der Waals surface area contributed by atoms with Crippen molar-refractivity contribution in [2.24, 2.45) is 0 Å². The van der Waals surface area contributed by atoms with E-state index in [9.17, 15) is 0 Å². The van der Waals surface area contributed by atoms with E-state index in [0.29, 0.717) is 6.04 Å². The number of hydrogen-bond donors (Lipinski definition) is 0. The van der Waals surface area contributed by atoms with Gasteiger partial charge in [0, 0.05) is 17.5 Å². The average molecular weight is 254 g/mol. The van der Waals surface area contributed by atoms with Crippen LogP contribution in [0.1, 0.15) is 57.2 Å². The van der Waals surface area contributed by atoms with Crippen LogP contribution in [0.25, 0.3) is 0 Å². The van der Waals surface area contributed by atoms with Gasteiger partial charge in [-0.25, -0.2) is 4.58 Å². The monoisotopic (exact) mass is 254 g/mol. The molecule has 19 heavy (non-hydrogen) atoms. The lowest BCUT2D eigenvalue weighted by Gasteiger charge is -2.32. The van der Waals surface area contributed by atoms with Crippen molar-refractivity contribution in [3.8, 4) is 12.3 Å². The zero-order chi connectivity index (χ0) is 14.2. The van der Waals surface area contributed by atoms with E-state index in [1.807, 2.05) is 0 Å². The van der Waals surface area contributed by atoms with Crippen molar-refractivity contribution in [2.45, 2.75) is 52.0 Å². The van der Waals surface area contributed by atoms with Crippen LogP contribution >= 0.6 is 0 Å². The van der Waals surface area contributed by atoms with Gasteiger partial charge in [-0.3, -0.25) is 0 Å². The maximum absolute atomic E-state index is 5.55. The molecule has 1 heteroatoms. The van der Waals surface area contributed by atoms with Gasteiger partial charge in [-0.2, -0.15) is 0 Å². The van der Waals surface area contributed by atoms with Gasteiger partial charge in [0.1, 0.15) is 13.1 Å². The van der Waals surface area contributed by atoms with Crippen molar-refractivity contribution in [2.75, 3.05) is 7.05 Å². The van der Waals surface area contributed by atoms with Crippen LogP contribution in [0.15, 0.2) is 18.2 Å². The van der Waals surface area contributed by atoms with Crippen molar-refractivity contribution in [3.05, 3.63) is 34.9 Å². The molecule has 1 nitrogen and oxygen atoms in total. The van der Waals surface area contributed by atoms with Crippen LogP contribution < -0.4 is 0 Å². The van der Waals surface area contributed by atoms with Gasteiger partial charge in [-0.05, 0) is 49.4 Å².